The van der Waals surface area contributed by atoms with Crippen molar-refractivity contribution in [1.82, 2.24) is 14.5 Å². The molecule has 4 aromatic rings. The normalized spacial score (nSPS) is 15.1. The van der Waals surface area contributed by atoms with Crippen molar-refractivity contribution in [3.63, 3.8) is 0 Å². The molecule has 0 spiro atoms. The minimum absolute atomic E-state index is 0.290. The molecule has 0 saturated carbocycles. The third-order valence-electron chi connectivity index (χ3n) is 6.24. The Morgan fingerprint density at radius 2 is 1.74 bits per heavy atom. The van der Waals surface area contributed by atoms with Gasteiger partial charge in [0.2, 0.25) is 5.95 Å². The highest BCUT2D eigenvalue weighted by atomic mass is 35.5. The predicted octanol–water partition coefficient (Wildman–Crippen LogP) is 5.14. The molecular weight excluding hydrogens is 412 g/mol. The van der Waals surface area contributed by atoms with Crippen molar-refractivity contribution in [2.45, 2.75) is 26.7 Å². The van der Waals surface area contributed by atoms with Gasteiger partial charge in [0.05, 0.1) is 22.5 Å². The number of aryl methyl sites for hydroxylation is 2. The zero-order valence-corrected chi connectivity index (χ0v) is 18.2. The highest BCUT2D eigenvalue weighted by Gasteiger charge is 2.28. The summed E-state index contributed by atoms with van der Waals surface area (Å²) in [5.74, 6) is 0.594. The molecule has 1 fully saturated rings. The molecule has 1 N–H and O–H groups in total. The van der Waals surface area contributed by atoms with Crippen LogP contribution in [0.5, 0.6) is 0 Å². The molecule has 0 radical (unpaired) electrons. The molecule has 1 aliphatic rings. The summed E-state index contributed by atoms with van der Waals surface area (Å²) in [5.41, 5.74) is 5.16. The van der Waals surface area contributed by atoms with Gasteiger partial charge in [-0.1, -0.05) is 11.6 Å². The summed E-state index contributed by atoms with van der Waals surface area (Å²) in [6.45, 7) is 5.49. The Hall–Kier alpha value is -3.12. The van der Waals surface area contributed by atoms with Crippen LogP contribution in [0.1, 0.15) is 24.0 Å². The minimum atomic E-state index is -0.714. The first kappa shape index (κ1) is 19.8. The van der Waals surface area contributed by atoms with E-state index in [1.165, 1.54) is 11.1 Å². The van der Waals surface area contributed by atoms with Gasteiger partial charge in [-0.25, -0.2) is 9.97 Å². The number of aliphatic carboxylic acids is 1. The average molecular weight is 435 g/mol. The van der Waals surface area contributed by atoms with Gasteiger partial charge in [0.1, 0.15) is 5.82 Å². The van der Waals surface area contributed by atoms with E-state index < -0.39 is 5.97 Å². The second-order valence-electron chi connectivity index (χ2n) is 8.28. The first-order valence-corrected chi connectivity index (χ1v) is 10.8. The summed E-state index contributed by atoms with van der Waals surface area (Å²) in [7, 11) is 0. The van der Waals surface area contributed by atoms with Crippen molar-refractivity contribution in [2.24, 2.45) is 5.92 Å². The fourth-order valence-corrected chi connectivity index (χ4v) is 4.48. The van der Waals surface area contributed by atoms with Gasteiger partial charge in [0, 0.05) is 23.5 Å². The molecule has 5 rings (SSSR count). The summed E-state index contributed by atoms with van der Waals surface area (Å²) in [6, 6.07) is 13.9. The van der Waals surface area contributed by atoms with Gasteiger partial charge >= 0.3 is 5.97 Å². The van der Waals surface area contributed by atoms with Crippen molar-refractivity contribution < 1.29 is 9.90 Å². The van der Waals surface area contributed by atoms with Crippen LogP contribution in [0.2, 0.25) is 5.02 Å². The van der Waals surface area contributed by atoms with Crippen molar-refractivity contribution >= 4 is 45.5 Å². The van der Waals surface area contributed by atoms with E-state index in [9.17, 15) is 9.90 Å². The number of carboxylic acid groups (broad SMARTS) is 1. The quantitative estimate of drug-likeness (QED) is 0.483. The smallest absolute Gasteiger partial charge is 0.306 e. The molecule has 0 bridgehead atoms. The summed E-state index contributed by atoms with van der Waals surface area (Å²) in [4.78, 5) is 23.4. The number of halogens is 1. The van der Waals surface area contributed by atoms with Crippen LogP contribution in [0, 0.1) is 19.8 Å². The van der Waals surface area contributed by atoms with Crippen LogP contribution in [-0.4, -0.2) is 38.7 Å². The van der Waals surface area contributed by atoms with E-state index in [1.807, 2.05) is 30.3 Å². The number of piperidine rings is 1. The number of hydrogen-bond donors (Lipinski definition) is 1. The second-order valence-corrected chi connectivity index (χ2v) is 8.71. The molecule has 158 valence electrons. The Morgan fingerprint density at radius 3 is 2.48 bits per heavy atom. The lowest BCUT2D eigenvalue weighted by Crippen LogP contribution is -2.37. The Morgan fingerprint density at radius 1 is 1.00 bits per heavy atom. The van der Waals surface area contributed by atoms with E-state index in [2.05, 4.69) is 35.4 Å². The first-order chi connectivity index (χ1) is 14.9. The number of aromatic nitrogens is 3. The molecule has 1 saturated heterocycles. The number of fused-ring (bicyclic) bond motifs is 2. The number of carboxylic acids is 1. The molecule has 0 aliphatic carbocycles. The Bertz CT molecular complexity index is 1320. The van der Waals surface area contributed by atoms with Gasteiger partial charge in [-0.05, 0) is 80.3 Å². The van der Waals surface area contributed by atoms with Gasteiger partial charge < -0.3 is 10.0 Å². The molecule has 2 aromatic heterocycles. The van der Waals surface area contributed by atoms with Crippen molar-refractivity contribution in [3.05, 3.63) is 58.6 Å². The van der Waals surface area contributed by atoms with E-state index >= 15 is 0 Å². The number of nitrogens with zero attached hydrogens (tertiary/aromatic N) is 4. The number of hydrogen-bond acceptors (Lipinski definition) is 4. The average Bonchev–Trinajstić information content (AvgIpc) is 3.12. The maximum Gasteiger partial charge on any atom is 0.306 e. The summed E-state index contributed by atoms with van der Waals surface area (Å²) in [5, 5.41) is 11.0. The second kappa shape index (κ2) is 7.54. The molecule has 3 heterocycles. The maximum atomic E-state index is 11.4. The Kier molecular flexibility index (Phi) is 4.82. The number of anilines is 1. The number of carbonyl (C=O) groups is 1. The zero-order chi connectivity index (χ0) is 21.7. The third kappa shape index (κ3) is 3.51. The van der Waals surface area contributed by atoms with E-state index in [-0.39, 0.29) is 5.92 Å². The van der Waals surface area contributed by atoms with Crippen molar-refractivity contribution in [1.29, 1.82) is 0 Å². The van der Waals surface area contributed by atoms with Crippen LogP contribution in [0.3, 0.4) is 0 Å². The molecular formula is C24H23ClN4O2. The SMILES string of the molecule is Cc1cc2nc(N3CCC(C(=O)O)CC3)n(-c3ccc4cc(Cl)ccc4n3)c2cc1C. The van der Waals surface area contributed by atoms with Gasteiger partial charge in [0.25, 0.3) is 0 Å². The zero-order valence-electron chi connectivity index (χ0n) is 17.5. The first-order valence-electron chi connectivity index (χ1n) is 10.4. The summed E-state index contributed by atoms with van der Waals surface area (Å²) in [6.07, 6.45) is 1.22. The number of imidazole rings is 1. The molecule has 6 nitrogen and oxygen atoms in total. The Balaban J connectivity index is 1.67. The fraction of sp³-hybridized carbons (Fsp3) is 0.292. The third-order valence-corrected chi connectivity index (χ3v) is 6.48. The lowest BCUT2D eigenvalue weighted by molar-refractivity contribution is -0.142. The van der Waals surface area contributed by atoms with Gasteiger partial charge in [-0.15, -0.1) is 0 Å². The number of pyridine rings is 1. The fourth-order valence-electron chi connectivity index (χ4n) is 4.29. The van der Waals surface area contributed by atoms with Gasteiger partial charge in [0.15, 0.2) is 0 Å². The van der Waals surface area contributed by atoms with Crippen LogP contribution in [0.4, 0.5) is 5.95 Å². The molecule has 1 aliphatic heterocycles. The molecule has 7 heteroatoms. The topological polar surface area (TPSA) is 71.2 Å². The monoisotopic (exact) mass is 434 g/mol. The van der Waals surface area contributed by atoms with Gasteiger partial charge in [-0.3, -0.25) is 9.36 Å². The van der Waals surface area contributed by atoms with Crippen LogP contribution >= 0.6 is 11.6 Å². The summed E-state index contributed by atoms with van der Waals surface area (Å²) >= 11 is 6.14. The Labute approximate surface area is 185 Å². The lowest BCUT2D eigenvalue weighted by Gasteiger charge is -2.31. The van der Waals surface area contributed by atoms with Crippen LogP contribution in [0.25, 0.3) is 27.8 Å². The molecule has 31 heavy (non-hydrogen) atoms. The van der Waals surface area contributed by atoms with Crippen LogP contribution in [-0.2, 0) is 4.79 Å². The van der Waals surface area contributed by atoms with Gasteiger partial charge in [-0.2, -0.15) is 0 Å². The van der Waals surface area contributed by atoms with E-state index in [0.29, 0.717) is 31.0 Å². The predicted molar refractivity (Wildman–Crippen MR) is 123 cm³/mol. The van der Waals surface area contributed by atoms with Crippen LogP contribution in [0.15, 0.2) is 42.5 Å². The number of benzene rings is 2. The highest BCUT2D eigenvalue weighted by Crippen LogP contribution is 2.32. The molecule has 2 aromatic carbocycles. The molecule has 0 unspecified atom stereocenters. The van der Waals surface area contributed by atoms with Crippen molar-refractivity contribution in [2.75, 3.05) is 18.0 Å². The summed E-state index contributed by atoms with van der Waals surface area (Å²) < 4.78 is 2.09. The largest absolute Gasteiger partial charge is 0.481 e. The standard InChI is InChI=1S/C24H23ClN4O2/c1-14-11-20-21(12-15(14)2)29(22-6-3-17-13-18(25)4-5-19(17)26-22)24(27-20)28-9-7-16(8-10-28)23(30)31/h3-6,11-13,16H,7-10H2,1-2H3,(H,30,31). The van der Waals surface area contributed by atoms with E-state index in [1.54, 1.807) is 0 Å². The lowest BCUT2D eigenvalue weighted by atomic mass is 9.97. The highest BCUT2D eigenvalue weighted by molar-refractivity contribution is 6.31. The van der Waals surface area contributed by atoms with Crippen LogP contribution < -0.4 is 4.90 Å². The van der Waals surface area contributed by atoms with E-state index in [0.717, 1.165) is 33.7 Å². The number of rotatable bonds is 3. The minimum Gasteiger partial charge on any atom is -0.481 e. The maximum absolute atomic E-state index is 11.4. The molecule has 0 atom stereocenters. The van der Waals surface area contributed by atoms with E-state index in [4.69, 9.17) is 21.6 Å². The molecule has 0 amide bonds. The van der Waals surface area contributed by atoms with Crippen molar-refractivity contribution in [3.8, 4) is 5.82 Å².